The first-order valence-corrected chi connectivity index (χ1v) is 7.49. The van der Waals surface area contributed by atoms with E-state index in [0.717, 1.165) is 12.5 Å². The number of hydrogen-bond acceptors (Lipinski definition) is 1. The number of aryl methyl sites for hydroxylation is 2. The summed E-state index contributed by atoms with van der Waals surface area (Å²) in [6.45, 7) is 5.14. The van der Waals surface area contributed by atoms with E-state index in [1.165, 1.54) is 53.3 Å². The first kappa shape index (κ1) is 12.7. The van der Waals surface area contributed by atoms with E-state index < -0.39 is 0 Å². The Morgan fingerprint density at radius 1 is 1.26 bits per heavy atom. The molecule has 0 aliphatic heterocycles. The van der Waals surface area contributed by atoms with Crippen LogP contribution in [0.5, 0.6) is 0 Å². The van der Waals surface area contributed by atoms with Crippen molar-refractivity contribution >= 4 is 10.9 Å². The lowest BCUT2D eigenvalue weighted by molar-refractivity contribution is 0.442. The van der Waals surface area contributed by atoms with Crippen molar-refractivity contribution < 1.29 is 0 Å². The summed E-state index contributed by atoms with van der Waals surface area (Å²) < 4.78 is 0. The molecule has 1 aromatic carbocycles. The van der Waals surface area contributed by atoms with Crippen LogP contribution in [-0.2, 0) is 0 Å². The molecular weight excluding hydrogens is 232 g/mol. The molecule has 0 bridgehead atoms. The molecule has 1 fully saturated rings. The standard InChI is InChI=1S/C17H24N2/c1-11-7-8-14-16(10-19-17(14)12(11)2)15(9-18)13-5-3-4-6-13/h7-8,10,13,15,19H,3-6,9,18H2,1-2H3. The number of aromatic nitrogens is 1. The SMILES string of the molecule is Cc1ccc2c(C(CN)C3CCCC3)c[nH]c2c1C. The summed E-state index contributed by atoms with van der Waals surface area (Å²) in [5.74, 6) is 1.31. The molecule has 2 heteroatoms. The summed E-state index contributed by atoms with van der Waals surface area (Å²) in [6.07, 6.45) is 7.65. The molecule has 2 nitrogen and oxygen atoms in total. The average molecular weight is 256 g/mol. The summed E-state index contributed by atoms with van der Waals surface area (Å²) in [6, 6.07) is 4.50. The van der Waals surface area contributed by atoms with E-state index in [1.54, 1.807) is 0 Å². The van der Waals surface area contributed by atoms with Gasteiger partial charge >= 0.3 is 0 Å². The van der Waals surface area contributed by atoms with Crippen LogP contribution < -0.4 is 5.73 Å². The average Bonchev–Trinajstić information content (AvgIpc) is 3.05. The molecule has 1 saturated carbocycles. The van der Waals surface area contributed by atoms with Gasteiger partial charge in [0.2, 0.25) is 0 Å². The van der Waals surface area contributed by atoms with Gasteiger partial charge in [0, 0.05) is 23.0 Å². The Hall–Kier alpha value is -1.28. The summed E-state index contributed by atoms with van der Waals surface area (Å²) >= 11 is 0. The van der Waals surface area contributed by atoms with E-state index >= 15 is 0 Å². The third kappa shape index (κ3) is 2.08. The van der Waals surface area contributed by atoms with Crippen LogP contribution in [0.15, 0.2) is 18.3 Å². The molecule has 1 aromatic heterocycles. The molecule has 1 heterocycles. The van der Waals surface area contributed by atoms with E-state index in [1.807, 2.05) is 0 Å². The van der Waals surface area contributed by atoms with Crippen LogP contribution >= 0.6 is 0 Å². The van der Waals surface area contributed by atoms with Crippen LogP contribution in [0.25, 0.3) is 10.9 Å². The van der Waals surface area contributed by atoms with Crippen molar-refractivity contribution in [2.45, 2.75) is 45.4 Å². The van der Waals surface area contributed by atoms with Crippen LogP contribution in [-0.4, -0.2) is 11.5 Å². The lowest BCUT2D eigenvalue weighted by Gasteiger charge is -2.21. The highest BCUT2D eigenvalue weighted by Crippen LogP contribution is 2.39. The number of aromatic amines is 1. The Morgan fingerprint density at radius 3 is 2.68 bits per heavy atom. The van der Waals surface area contributed by atoms with Crippen molar-refractivity contribution in [1.29, 1.82) is 0 Å². The first-order chi connectivity index (χ1) is 9.22. The van der Waals surface area contributed by atoms with Gasteiger partial charge in [0.05, 0.1) is 0 Å². The van der Waals surface area contributed by atoms with E-state index in [2.05, 4.69) is 37.2 Å². The van der Waals surface area contributed by atoms with Gasteiger partial charge in [-0.1, -0.05) is 25.0 Å². The van der Waals surface area contributed by atoms with Crippen molar-refractivity contribution in [2.24, 2.45) is 11.7 Å². The van der Waals surface area contributed by atoms with E-state index in [9.17, 15) is 0 Å². The fourth-order valence-corrected chi connectivity index (χ4v) is 3.71. The molecule has 1 aliphatic rings. The molecule has 102 valence electrons. The van der Waals surface area contributed by atoms with Gasteiger partial charge in [-0.15, -0.1) is 0 Å². The van der Waals surface area contributed by atoms with Gasteiger partial charge in [-0.3, -0.25) is 0 Å². The molecular formula is C17H24N2. The zero-order valence-corrected chi connectivity index (χ0v) is 12.0. The molecule has 0 amide bonds. The number of hydrogen-bond donors (Lipinski definition) is 2. The van der Waals surface area contributed by atoms with Gasteiger partial charge < -0.3 is 10.7 Å². The van der Waals surface area contributed by atoms with Crippen LogP contribution in [0.2, 0.25) is 0 Å². The van der Waals surface area contributed by atoms with Crippen LogP contribution in [0, 0.1) is 19.8 Å². The number of nitrogens with two attached hydrogens (primary N) is 1. The Morgan fingerprint density at radius 2 is 2.00 bits per heavy atom. The highest BCUT2D eigenvalue weighted by Gasteiger charge is 2.27. The van der Waals surface area contributed by atoms with Crippen molar-refractivity contribution in [3.05, 3.63) is 35.0 Å². The van der Waals surface area contributed by atoms with Gasteiger partial charge in [-0.25, -0.2) is 0 Å². The zero-order chi connectivity index (χ0) is 13.4. The molecule has 0 spiro atoms. The number of nitrogens with one attached hydrogen (secondary N) is 1. The largest absolute Gasteiger partial charge is 0.361 e. The van der Waals surface area contributed by atoms with E-state index in [-0.39, 0.29) is 0 Å². The molecule has 19 heavy (non-hydrogen) atoms. The van der Waals surface area contributed by atoms with E-state index in [0.29, 0.717) is 5.92 Å². The minimum absolute atomic E-state index is 0.526. The van der Waals surface area contributed by atoms with Gasteiger partial charge in [-0.2, -0.15) is 0 Å². The molecule has 1 unspecified atom stereocenters. The second-order valence-electron chi connectivity index (χ2n) is 6.06. The normalized spacial score (nSPS) is 18.3. The van der Waals surface area contributed by atoms with Gasteiger partial charge in [0.25, 0.3) is 0 Å². The quantitative estimate of drug-likeness (QED) is 0.855. The van der Waals surface area contributed by atoms with Crippen molar-refractivity contribution in [3.63, 3.8) is 0 Å². The molecule has 3 N–H and O–H groups in total. The van der Waals surface area contributed by atoms with E-state index in [4.69, 9.17) is 5.73 Å². The molecule has 2 aromatic rings. The predicted molar refractivity (Wildman–Crippen MR) is 81.5 cm³/mol. The highest BCUT2D eigenvalue weighted by molar-refractivity contribution is 5.87. The van der Waals surface area contributed by atoms with Gasteiger partial charge in [0.1, 0.15) is 0 Å². The minimum Gasteiger partial charge on any atom is -0.361 e. The molecule has 0 radical (unpaired) electrons. The fraction of sp³-hybridized carbons (Fsp3) is 0.529. The van der Waals surface area contributed by atoms with Gasteiger partial charge in [-0.05, 0) is 55.8 Å². The molecule has 0 saturated heterocycles. The monoisotopic (exact) mass is 256 g/mol. The number of benzene rings is 1. The Labute approximate surface area is 115 Å². The lowest BCUT2D eigenvalue weighted by atomic mass is 9.84. The van der Waals surface area contributed by atoms with Crippen molar-refractivity contribution in [3.8, 4) is 0 Å². The fourth-order valence-electron chi connectivity index (χ4n) is 3.71. The minimum atomic E-state index is 0.526. The summed E-state index contributed by atoms with van der Waals surface area (Å²) in [5.41, 5.74) is 11.5. The maximum absolute atomic E-state index is 6.09. The third-order valence-corrected chi connectivity index (χ3v) is 5.04. The van der Waals surface area contributed by atoms with Crippen LogP contribution in [0.3, 0.4) is 0 Å². The Bertz CT molecular complexity index is 576. The number of fused-ring (bicyclic) bond motifs is 1. The predicted octanol–water partition coefficient (Wildman–Crippen LogP) is 4.02. The summed E-state index contributed by atoms with van der Waals surface area (Å²) in [4.78, 5) is 3.48. The van der Waals surface area contributed by atoms with Crippen molar-refractivity contribution in [1.82, 2.24) is 4.98 Å². The lowest BCUT2D eigenvalue weighted by Crippen LogP contribution is -2.19. The maximum Gasteiger partial charge on any atom is 0.0489 e. The first-order valence-electron chi connectivity index (χ1n) is 7.49. The second kappa shape index (κ2) is 5.01. The third-order valence-electron chi connectivity index (χ3n) is 5.04. The topological polar surface area (TPSA) is 41.8 Å². The van der Waals surface area contributed by atoms with Crippen molar-refractivity contribution in [2.75, 3.05) is 6.54 Å². The molecule has 1 aliphatic carbocycles. The second-order valence-corrected chi connectivity index (χ2v) is 6.06. The highest BCUT2D eigenvalue weighted by atomic mass is 14.7. The Kier molecular flexibility index (Phi) is 3.36. The Balaban J connectivity index is 2.06. The molecule has 1 atom stereocenters. The zero-order valence-electron chi connectivity index (χ0n) is 12.0. The van der Waals surface area contributed by atoms with Crippen LogP contribution in [0.4, 0.5) is 0 Å². The summed E-state index contributed by atoms with van der Waals surface area (Å²) in [7, 11) is 0. The number of rotatable bonds is 3. The summed E-state index contributed by atoms with van der Waals surface area (Å²) in [5, 5.41) is 1.38. The molecule has 3 rings (SSSR count). The maximum atomic E-state index is 6.09. The van der Waals surface area contributed by atoms with Gasteiger partial charge in [0.15, 0.2) is 0 Å². The smallest absolute Gasteiger partial charge is 0.0489 e. The van der Waals surface area contributed by atoms with Crippen LogP contribution in [0.1, 0.15) is 48.3 Å². The number of H-pyrrole nitrogens is 1.